The molecule has 0 radical (unpaired) electrons. The van der Waals surface area contributed by atoms with Crippen molar-refractivity contribution < 1.29 is 9.47 Å². The van der Waals surface area contributed by atoms with Crippen molar-refractivity contribution in [2.45, 2.75) is 25.4 Å². The van der Waals surface area contributed by atoms with Gasteiger partial charge in [0.1, 0.15) is 0 Å². The second-order valence-electron chi connectivity index (χ2n) is 3.24. The van der Waals surface area contributed by atoms with E-state index in [1.54, 1.807) is 0 Å². The summed E-state index contributed by atoms with van der Waals surface area (Å²) in [6, 6.07) is 0. The molecule has 1 saturated heterocycles. The van der Waals surface area contributed by atoms with Crippen LogP contribution in [-0.2, 0) is 9.47 Å². The lowest BCUT2D eigenvalue weighted by Crippen LogP contribution is -2.40. The van der Waals surface area contributed by atoms with E-state index in [1.807, 2.05) is 0 Å². The van der Waals surface area contributed by atoms with Crippen LogP contribution in [0.1, 0.15) is 19.8 Å². The zero-order valence-corrected chi connectivity index (χ0v) is 7.14. The summed E-state index contributed by atoms with van der Waals surface area (Å²) < 4.78 is 10.9. The number of rotatable bonds is 3. The van der Waals surface area contributed by atoms with E-state index in [4.69, 9.17) is 15.2 Å². The molecular formula is C8H17NO2. The molecule has 66 valence electrons. The Labute approximate surface area is 67.9 Å². The van der Waals surface area contributed by atoms with Crippen LogP contribution in [-0.4, -0.2) is 32.0 Å². The summed E-state index contributed by atoms with van der Waals surface area (Å²) in [5.74, 6) is 0. The summed E-state index contributed by atoms with van der Waals surface area (Å²) >= 11 is 0. The average Bonchev–Trinajstić information content (AvgIpc) is 2.03. The Kier molecular flexibility index (Phi) is 3.30. The molecule has 1 rings (SSSR count). The fourth-order valence-corrected chi connectivity index (χ4v) is 1.30. The third-order valence-corrected chi connectivity index (χ3v) is 2.00. The smallest absolute Gasteiger partial charge is 0.0888 e. The van der Waals surface area contributed by atoms with Gasteiger partial charge in [-0.15, -0.1) is 0 Å². The molecule has 0 saturated carbocycles. The molecule has 2 N–H and O–H groups in total. The Bertz CT molecular complexity index is 111. The molecule has 0 aliphatic carbocycles. The topological polar surface area (TPSA) is 44.5 Å². The van der Waals surface area contributed by atoms with Crippen LogP contribution in [0, 0.1) is 0 Å². The van der Waals surface area contributed by atoms with Gasteiger partial charge in [0.15, 0.2) is 0 Å². The average molecular weight is 159 g/mol. The first kappa shape index (κ1) is 8.97. The Morgan fingerprint density at radius 1 is 1.45 bits per heavy atom. The maximum atomic E-state index is 5.59. The standard InChI is InChI=1S/C8H17NO2/c1-8(3-2-4-9)7-10-5-6-11-8/h2-7,9H2,1H3. The summed E-state index contributed by atoms with van der Waals surface area (Å²) in [7, 11) is 0. The normalized spacial score (nSPS) is 32.2. The van der Waals surface area contributed by atoms with Gasteiger partial charge in [-0.25, -0.2) is 0 Å². The molecule has 1 atom stereocenters. The summed E-state index contributed by atoms with van der Waals surface area (Å²) in [6.07, 6.45) is 2.02. The molecule has 3 heteroatoms. The van der Waals surface area contributed by atoms with Crippen LogP contribution in [0.2, 0.25) is 0 Å². The second-order valence-corrected chi connectivity index (χ2v) is 3.24. The van der Waals surface area contributed by atoms with Crippen molar-refractivity contribution in [1.29, 1.82) is 0 Å². The maximum absolute atomic E-state index is 5.59. The van der Waals surface area contributed by atoms with Crippen LogP contribution < -0.4 is 5.73 Å². The van der Waals surface area contributed by atoms with Gasteiger partial charge in [0.05, 0.1) is 25.4 Å². The molecule has 0 aromatic carbocycles. The van der Waals surface area contributed by atoms with Gasteiger partial charge < -0.3 is 15.2 Å². The zero-order valence-electron chi connectivity index (χ0n) is 7.14. The molecule has 1 heterocycles. The maximum Gasteiger partial charge on any atom is 0.0888 e. The van der Waals surface area contributed by atoms with Gasteiger partial charge in [-0.3, -0.25) is 0 Å². The predicted octanol–water partition coefficient (Wildman–Crippen LogP) is 0.531. The highest BCUT2D eigenvalue weighted by Gasteiger charge is 2.27. The Balaban J connectivity index is 2.25. The largest absolute Gasteiger partial charge is 0.376 e. The highest BCUT2D eigenvalue weighted by Crippen LogP contribution is 2.20. The first-order chi connectivity index (χ1) is 5.27. The van der Waals surface area contributed by atoms with Crippen LogP contribution in [0.3, 0.4) is 0 Å². The highest BCUT2D eigenvalue weighted by molar-refractivity contribution is 4.77. The van der Waals surface area contributed by atoms with Gasteiger partial charge >= 0.3 is 0 Å². The number of ether oxygens (including phenoxy) is 2. The minimum Gasteiger partial charge on any atom is -0.376 e. The first-order valence-electron chi connectivity index (χ1n) is 4.19. The zero-order chi connectivity index (χ0) is 8.16. The lowest BCUT2D eigenvalue weighted by atomic mass is 10.0. The molecule has 11 heavy (non-hydrogen) atoms. The van der Waals surface area contributed by atoms with E-state index in [2.05, 4.69) is 6.92 Å². The van der Waals surface area contributed by atoms with Gasteiger partial charge in [0, 0.05) is 0 Å². The molecular weight excluding hydrogens is 142 g/mol. The van der Waals surface area contributed by atoms with Gasteiger partial charge in [0.25, 0.3) is 0 Å². The Morgan fingerprint density at radius 2 is 2.27 bits per heavy atom. The second kappa shape index (κ2) is 4.04. The minimum atomic E-state index is -0.0718. The Morgan fingerprint density at radius 3 is 2.82 bits per heavy atom. The Hall–Kier alpha value is -0.120. The predicted molar refractivity (Wildman–Crippen MR) is 43.5 cm³/mol. The number of hydrogen-bond acceptors (Lipinski definition) is 3. The van der Waals surface area contributed by atoms with Crippen LogP contribution in [0.5, 0.6) is 0 Å². The fourth-order valence-electron chi connectivity index (χ4n) is 1.30. The van der Waals surface area contributed by atoms with Gasteiger partial charge in [-0.2, -0.15) is 0 Å². The molecule has 0 aromatic rings. The van der Waals surface area contributed by atoms with Crippen molar-refractivity contribution in [2.24, 2.45) is 5.73 Å². The minimum absolute atomic E-state index is 0.0718. The van der Waals surface area contributed by atoms with Crippen molar-refractivity contribution >= 4 is 0 Å². The van der Waals surface area contributed by atoms with Crippen LogP contribution >= 0.6 is 0 Å². The SMILES string of the molecule is CC1(CCCN)COCCO1. The molecule has 0 aromatic heterocycles. The van der Waals surface area contributed by atoms with Crippen molar-refractivity contribution in [3.63, 3.8) is 0 Å². The molecule has 0 spiro atoms. The van der Waals surface area contributed by atoms with Crippen molar-refractivity contribution in [3.8, 4) is 0 Å². The van der Waals surface area contributed by atoms with Crippen molar-refractivity contribution in [2.75, 3.05) is 26.4 Å². The third kappa shape index (κ3) is 2.77. The van der Waals surface area contributed by atoms with Crippen molar-refractivity contribution in [3.05, 3.63) is 0 Å². The first-order valence-corrected chi connectivity index (χ1v) is 4.19. The van der Waals surface area contributed by atoms with Crippen molar-refractivity contribution in [1.82, 2.24) is 0 Å². The summed E-state index contributed by atoms with van der Waals surface area (Å²) in [5, 5.41) is 0. The summed E-state index contributed by atoms with van der Waals surface area (Å²) in [6.45, 7) is 4.99. The molecule has 0 bridgehead atoms. The lowest BCUT2D eigenvalue weighted by molar-refractivity contribution is -0.150. The van der Waals surface area contributed by atoms with Gasteiger partial charge in [-0.1, -0.05) is 0 Å². The van der Waals surface area contributed by atoms with Crippen LogP contribution in [0.4, 0.5) is 0 Å². The highest BCUT2D eigenvalue weighted by atomic mass is 16.6. The van der Waals surface area contributed by atoms with Gasteiger partial charge in [0.2, 0.25) is 0 Å². The van der Waals surface area contributed by atoms with Gasteiger partial charge in [-0.05, 0) is 26.3 Å². The van der Waals surface area contributed by atoms with Crippen LogP contribution in [0.25, 0.3) is 0 Å². The molecule has 1 aliphatic rings. The number of hydrogen-bond donors (Lipinski definition) is 1. The molecule has 1 unspecified atom stereocenters. The molecule has 1 aliphatic heterocycles. The number of nitrogens with two attached hydrogens (primary N) is 1. The van der Waals surface area contributed by atoms with Crippen LogP contribution in [0.15, 0.2) is 0 Å². The third-order valence-electron chi connectivity index (χ3n) is 2.00. The summed E-state index contributed by atoms with van der Waals surface area (Å²) in [5.41, 5.74) is 5.34. The van der Waals surface area contributed by atoms with E-state index in [0.717, 1.165) is 32.6 Å². The van der Waals surface area contributed by atoms with E-state index >= 15 is 0 Å². The van der Waals surface area contributed by atoms with E-state index in [-0.39, 0.29) is 5.60 Å². The monoisotopic (exact) mass is 159 g/mol. The summed E-state index contributed by atoms with van der Waals surface area (Å²) in [4.78, 5) is 0. The molecule has 0 amide bonds. The van der Waals surface area contributed by atoms with E-state index in [0.29, 0.717) is 6.61 Å². The molecule has 1 fully saturated rings. The van der Waals surface area contributed by atoms with E-state index < -0.39 is 0 Å². The van der Waals surface area contributed by atoms with E-state index in [9.17, 15) is 0 Å². The lowest BCUT2D eigenvalue weighted by Gasteiger charge is -2.33. The molecule has 3 nitrogen and oxygen atoms in total. The fraction of sp³-hybridized carbons (Fsp3) is 1.00. The quantitative estimate of drug-likeness (QED) is 0.653. The van der Waals surface area contributed by atoms with E-state index in [1.165, 1.54) is 0 Å².